The summed E-state index contributed by atoms with van der Waals surface area (Å²) < 4.78 is 0. The molecule has 108 valence electrons. The second kappa shape index (κ2) is 7.85. The molecule has 1 rings (SSSR count). The van der Waals surface area contributed by atoms with Crippen LogP contribution < -0.4 is 10.6 Å². The minimum absolute atomic E-state index is 0.252. The van der Waals surface area contributed by atoms with E-state index >= 15 is 0 Å². The number of nitrogens with zero attached hydrogens (tertiary/aromatic N) is 5. The van der Waals surface area contributed by atoms with Crippen molar-refractivity contribution in [3.63, 3.8) is 0 Å². The summed E-state index contributed by atoms with van der Waals surface area (Å²) in [6.07, 6.45) is 2.94. The zero-order chi connectivity index (χ0) is 14.3. The number of nitrogens with two attached hydrogens (primary N) is 1. The van der Waals surface area contributed by atoms with Gasteiger partial charge in [-0.15, -0.1) is 0 Å². The SMILES string of the molecule is CN(CCCCCO)Cc1nc(N)nc(N(C)C)n1. The van der Waals surface area contributed by atoms with Crippen molar-refractivity contribution in [3.05, 3.63) is 5.82 Å². The summed E-state index contributed by atoms with van der Waals surface area (Å²) in [4.78, 5) is 16.5. The van der Waals surface area contributed by atoms with Crippen LogP contribution in [-0.2, 0) is 6.54 Å². The van der Waals surface area contributed by atoms with Crippen LogP contribution in [0.15, 0.2) is 0 Å². The van der Waals surface area contributed by atoms with E-state index in [2.05, 4.69) is 19.9 Å². The molecule has 1 aromatic rings. The van der Waals surface area contributed by atoms with Crippen LogP contribution in [0, 0.1) is 0 Å². The Labute approximate surface area is 114 Å². The Morgan fingerprint density at radius 3 is 2.42 bits per heavy atom. The number of hydrogen-bond acceptors (Lipinski definition) is 7. The zero-order valence-corrected chi connectivity index (χ0v) is 12.0. The maximum Gasteiger partial charge on any atom is 0.229 e. The number of aliphatic hydroxyl groups excluding tert-OH is 1. The van der Waals surface area contributed by atoms with E-state index in [1.54, 1.807) is 0 Å². The fourth-order valence-electron chi connectivity index (χ4n) is 1.69. The number of hydrogen-bond donors (Lipinski definition) is 2. The molecule has 0 aliphatic rings. The highest BCUT2D eigenvalue weighted by atomic mass is 16.2. The molecule has 7 nitrogen and oxygen atoms in total. The molecule has 0 atom stereocenters. The van der Waals surface area contributed by atoms with Crippen molar-refractivity contribution in [1.82, 2.24) is 19.9 Å². The lowest BCUT2D eigenvalue weighted by atomic mass is 10.2. The van der Waals surface area contributed by atoms with E-state index in [1.807, 2.05) is 26.0 Å². The molecule has 0 saturated heterocycles. The van der Waals surface area contributed by atoms with Crippen LogP contribution in [0.1, 0.15) is 25.1 Å². The molecule has 1 aromatic heterocycles. The van der Waals surface area contributed by atoms with Crippen molar-refractivity contribution in [2.45, 2.75) is 25.8 Å². The Balaban J connectivity index is 2.51. The number of aromatic nitrogens is 3. The smallest absolute Gasteiger partial charge is 0.229 e. The summed E-state index contributed by atoms with van der Waals surface area (Å²) in [5, 5.41) is 8.72. The summed E-state index contributed by atoms with van der Waals surface area (Å²) in [5.41, 5.74) is 5.68. The van der Waals surface area contributed by atoms with Crippen LogP contribution >= 0.6 is 0 Å². The molecule has 0 fully saturated rings. The van der Waals surface area contributed by atoms with Gasteiger partial charge in [-0.05, 0) is 32.9 Å². The molecule has 0 aromatic carbocycles. The van der Waals surface area contributed by atoms with Gasteiger partial charge in [-0.25, -0.2) is 0 Å². The van der Waals surface area contributed by atoms with Crippen molar-refractivity contribution in [1.29, 1.82) is 0 Å². The highest BCUT2D eigenvalue weighted by Crippen LogP contribution is 2.07. The summed E-state index contributed by atoms with van der Waals surface area (Å²) in [5.74, 6) is 1.51. The van der Waals surface area contributed by atoms with Gasteiger partial charge in [0.05, 0.1) is 6.54 Å². The number of nitrogen functional groups attached to an aromatic ring is 1. The molecule has 0 unspecified atom stereocenters. The first-order valence-electron chi connectivity index (χ1n) is 6.50. The molecule has 7 heteroatoms. The molecule has 0 aliphatic carbocycles. The molecule has 0 bridgehead atoms. The van der Waals surface area contributed by atoms with Crippen LogP contribution in [-0.4, -0.2) is 59.3 Å². The fourth-order valence-corrected chi connectivity index (χ4v) is 1.69. The lowest BCUT2D eigenvalue weighted by Gasteiger charge is -2.17. The van der Waals surface area contributed by atoms with Crippen LogP contribution in [0.25, 0.3) is 0 Å². The third kappa shape index (κ3) is 5.80. The standard InChI is InChI=1S/C12H24N6O/c1-17(2)12-15-10(14-11(13)16-12)9-18(3)7-5-4-6-8-19/h19H,4-9H2,1-3H3,(H2,13,14,15,16). The van der Waals surface area contributed by atoms with Crippen LogP contribution in [0.5, 0.6) is 0 Å². The second-order valence-corrected chi connectivity index (χ2v) is 4.83. The maximum atomic E-state index is 8.72. The summed E-state index contributed by atoms with van der Waals surface area (Å²) in [7, 11) is 5.77. The Kier molecular flexibility index (Phi) is 6.44. The van der Waals surface area contributed by atoms with Gasteiger partial charge in [-0.3, -0.25) is 4.90 Å². The normalized spacial score (nSPS) is 11.0. The van der Waals surface area contributed by atoms with Gasteiger partial charge < -0.3 is 15.7 Å². The van der Waals surface area contributed by atoms with Gasteiger partial charge in [0, 0.05) is 20.7 Å². The first-order chi connectivity index (χ1) is 9.02. The molecule has 0 aliphatic heterocycles. The van der Waals surface area contributed by atoms with E-state index in [9.17, 15) is 0 Å². The van der Waals surface area contributed by atoms with Gasteiger partial charge in [-0.1, -0.05) is 0 Å². The van der Waals surface area contributed by atoms with E-state index in [1.165, 1.54) is 0 Å². The van der Waals surface area contributed by atoms with Gasteiger partial charge in [0.15, 0.2) is 0 Å². The van der Waals surface area contributed by atoms with Crippen molar-refractivity contribution in [2.24, 2.45) is 0 Å². The number of anilines is 2. The molecule has 19 heavy (non-hydrogen) atoms. The van der Waals surface area contributed by atoms with Crippen molar-refractivity contribution < 1.29 is 5.11 Å². The minimum atomic E-state index is 0.252. The van der Waals surface area contributed by atoms with Gasteiger partial charge >= 0.3 is 0 Å². The maximum absolute atomic E-state index is 8.72. The molecular formula is C12H24N6O. The molecule has 0 amide bonds. The highest BCUT2D eigenvalue weighted by Gasteiger charge is 2.08. The monoisotopic (exact) mass is 268 g/mol. The van der Waals surface area contributed by atoms with Crippen LogP contribution in [0.4, 0.5) is 11.9 Å². The minimum Gasteiger partial charge on any atom is -0.396 e. The Morgan fingerprint density at radius 2 is 1.79 bits per heavy atom. The average molecular weight is 268 g/mol. The number of unbranched alkanes of at least 4 members (excludes halogenated alkanes) is 2. The van der Waals surface area contributed by atoms with E-state index in [-0.39, 0.29) is 12.6 Å². The Bertz CT molecular complexity index is 384. The van der Waals surface area contributed by atoms with Crippen LogP contribution in [0.2, 0.25) is 0 Å². The van der Waals surface area contributed by atoms with Crippen molar-refractivity contribution in [3.8, 4) is 0 Å². The Hall–Kier alpha value is -1.47. The number of aliphatic hydroxyl groups is 1. The molecule has 0 saturated carbocycles. The highest BCUT2D eigenvalue weighted by molar-refractivity contribution is 5.32. The topological polar surface area (TPSA) is 91.4 Å². The number of rotatable bonds is 8. The van der Waals surface area contributed by atoms with Gasteiger partial charge in [-0.2, -0.15) is 15.0 Å². The van der Waals surface area contributed by atoms with Gasteiger partial charge in [0.25, 0.3) is 0 Å². The summed E-state index contributed by atoms with van der Waals surface area (Å²) in [6, 6.07) is 0. The van der Waals surface area contributed by atoms with E-state index in [0.717, 1.165) is 25.8 Å². The first kappa shape index (κ1) is 15.6. The first-order valence-corrected chi connectivity index (χ1v) is 6.50. The van der Waals surface area contributed by atoms with E-state index < -0.39 is 0 Å². The molecule has 0 radical (unpaired) electrons. The third-order valence-electron chi connectivity index (χ3n) is 2.70. The predicted molar refractivity (Wildman–Crippen MR) is 75.8 cm³/mol. The largest absolute Gasteiger partial charge is 0.396 e. The third-order valence-corrected chi connectivity index (χ3v) is 2.70. The lowest BCUT2D eigenvalue weighted by Crippen LogP contribution is -2.23. The Morgan fingerprint density at radius 1 is 1.05 bits per heavy atom. The summed E-state index contributed by atoms with van der Waals surface area (Å²) >= 11 is 0. The van der Waals surface area contributed by atoms with E-state index in [0.29, 0.717) is 18.3 Å². The summed E-state index contributed by atoms with van der Waals surface area (Å²) in [6.45, 7) is 1.86. The fraction of sp³-hybridized carbons (Fsp3) is 0.750. The van der Waals surface area contributed by atoms with Crippen molar-refractivity contribution >= 4 is 11.9 Å². The molecular weight excluding hydrogens is 244 g/mol. The van der Waals surface area contributed by atoms with Gasteiger partial charge in [0.1, 0.15) is 5.82 Å². The zero-order valence-electron chi connectivity index (χ0n) is 12.0. The second-order valence-electron chi connectivity index (χ2n) is 4.83. The average Bonchev–Trinajstić information content (AvgIpc) is 2.34. The van der Waals surface area contributed by atoms with Gasteiger partial charge in [0.2, 0.25) is 11.9 Å². The molecule has 1 heterocycles. The molecule has 0 spiro atoms. The lowest BCUT2D eigenvalue weighted by molar-refractivity contribution is 0.269. The van der Waals surface area contributed by atoms with Crippen molar-refractivity contribution in [2.75, 3.05) is 44.9 Å². The quantitative estimate of drug-likeness (QED) is 0.647. The van der Waals surface area contributed by atoms with Crippen LogP contribution in [0.3, 0.4) is 0 Å². The van der Waals surface area contributed by atoms with E-state index in [4.69, 9.17) is 10.8 Å². The molecule has 3 N–H and O–H groups in total. The predicted octanol–water partition coefficient (Wildman–Crippen LogP) is 0.114.